The Morgan fingerprint density at radius 3 is 1.05 bits per heavy atom. The zero-order chi connectivity index (χ0) is 34.8. The monoisotopic (exact) mass is 759 g/mol. The van der Waals surface area contributed by atoms with Crippen LogP contribution in [0, 0.1) is 6.92 Å². The molecule has 0 saturated carbocycles. The van der Waals surface area contributed by atoms with Crippen molar-refractivity contribution in [2.24, 2.45) is 0 Å². The van der Waals surface area contributed by atoms with Gasteiger partial charge < -0.3 is 22.4 Å². The Kier molecular flexibility index (Phi) is 27.9. The Balaban J connectivity index is -0.000000328. The summed E-state index contributed by atoms with van der Waals surface area (Å²) in [4.78, 5) is 7.75. The van der Waals surface area contributed by atoms with Crippen molar-refractivity contribution in [3.8, 4) is 0 Å². The van der Waals surface area contributed by atoms with Crippen LogP contribution in [0.25, 0.3) is 0 Å². The summed E-state index contributed by atoms with van der Waals surface area (Å²) in [5, 5.41) is 10.0. The van der Waals surface area contributed by atoms with Crippen LogP contribution in [0.15, 0.2) is 0 Å². The molecule has 0 atom stereocenters. The Bertz CT molecular complexity index is 564. The second-order valence-electron chi connectivity index (χ2n) is 17.1. The van der Waals surface area contributed by atoms with Crippen LogP contribution in [0.4, 0.5) is 0 Å². The summed E-state index contributed by atoms with van der Waals surface area (Å²) >= 11 is 1.62. The summed E-state index contributed by atoms with van der Waals surface area (Å²) in [6, 6.07) is 0. The van der Waals surface area contributed by atoms with Crippen LogP contribution in [0.1, 0.15) is 131 Å². The van der Waals surface area contributed by atoms with Gasteiger partial charge in [0.05, 0.1) is 16.5 Å². The van der Waals surface area contributed by atoms with E-state index in [-0.39, 0.29) is 23.8 Å². The maximum absolute atomic E-state index is 7.75. The molecule has 0 saturated heterocycles. The predicted octanol–water partition coefficient (Wildman–Crippen LogP) is 10.5. The third-order valence-electron chi connectivity index (χ3n) is 6.98. The van der Waals surface area contributed by atoms with Crippen molar-refractivity contribution in [3.63, 3.8) is 0 Å². The molecule has 0 heterocycles. The molecule has 0 rings (SSSR count). The summed E-state index contributed by atoms with van der Waals surface area (Å²) in [5.41, 5.74) is 0. The quantitative estimate of drug-likeness (QED) is 0.0725. The van der Waals surface area contributed by atoms with Crippen LogP contribution in [-0.2, 0) is 22.1 Å². The molecule has 0 aliphatic carbocycles. The average molecular weight is 759 g/mol. The van der Waals surface area contributed by atoms with E-state index in [1.807, 2.05) is 0 Å². The van der Waals surface area contributed by atoms with Gasteiger partial charge in [-0.2, -0.15) is 6.42 Å². The summed E-state index contributed by atoms with van der Waals surface area (Å²) < 4.78 is 0. The maximum atomic E-state index is 7.75. The molecule has 260 valence electrons. The SMILES string of the molecule is CC(C)(C)P(CCNCCP(C(C)(C)C)C(C)(C)C)C(C)(C)C.[CH-]=O.[CH2-]CCNCC[PH+](C(C)(C)C)C(C)(C)C.[Cl][RuH]. The zero-order valence-corrected chi connectivity index (χ0v) is 36.9. The van der Waals surface area contributed by atoms with Crippen LogP contribution in [0.3, 0.4) is 0 Å². The normalized spacial score (nSPS) is 13.3. The summed E-state index contributed by atoms with van der Waals surface area (Å²) in [6.45, 7) is 55.1. The van der Waals surface area contributed by atoms with Crippen LogP contribution < -0.4 is 10.6 Å². The fourth-order valence-electron chi connectivity index (χ4n) is 6.20. The van der Waals surface area contributed by atoms with Crippen LogP contribution >= 0.6 is 33.5 Å². The summed E-state index contributed by atoms with van der Waals surface area (Å²) in [5.74, 6) is 0. The zero-order valence-electron chi connectivity index (χ0n) is 31.5. The topological polar surface area (TPSA) is 41.1 Å². The molecule has 0 spiro atoms. The number of halogens is 1. The summed E-state index contributed by atoms with van der Waals surface area (Å²) in [7, 11) is 4.32. The second kappa shape index (κ2) is 23.2. The Hall–Kier alpha value is 1.79. The van der Waals surface area contributed by atoms with Crippen molar-refractivity contribution < 1.29 is 22.1 Å². The van der Waals surface area contributed by atoms with Crippen molar-refractivity contribution in [2.45, 2.75) is 162 Å². The Labute approximate surface area is 285 Å². The van der Waals surface area contributed by atoms with Crippen molar-refractivity contribution in [1.29, 1.82) is 0 Å². The first kappa shape index (κ1) is 50.6. The van der Waals surface area contributed by atoms with Gasteiger partial charge in [0, 0.05) is 14.5 Å². The number of rotatable bonds is 11. The van der Waals surface area contributed by atoms with E-state index >= 15 is 0 Å². The van der Waals surface area contributed by atoms with Crippen molar-refractivity contribution in [3.05, 3.63) is 6.92 Å². The van der Waals surface area contributed by atoms with Gasteiger partial charge in [-0.1, -0.05) is 98.9 Å². The molecule has 0 aromatic rings. The minimum atomic E-state index is -0.339. The van der Waals surface area contributed by atoms with E-state index in [2.05, 4.69) is 159 Å². The molecule has 0 radical (unpaired) electrons. The molecular formula is C34H77ClN2OP3Ru-. The molecular weight excluding hydrogens is 682 g/mol. The van der Waals surface area contributed by atoms with Gasteiger partial charge in [-0.15, -0.1) is 0 Å². The molecule has 0 bridgehead atoms. The van der Waals surface area contributed by atoms with Gasteiger partial charge >= 0.3 is 27.0 Å². The first-order valence-corrected chi connectivity index (χ1v) is 22.8. The fourth-order valence-corrected chi connectivity index (χ4v) is 17.8. The third kappa shape index (κ3) is 25.9. The average Bonchev–Trinajstić information content (AvgIpc) is 2.76. The molecule has 0 amide bonds. The number of nitrogens with one attached hydrogen (secondary N) is 2. The van der Waals surface area contributed by atoms with Gasteiger partial charge in [0.1, 0.15) is 0 Å². The van der Waals surface area contributed by atoms with E-state index in [0.717, 1.165) is 13.0 Å². The fraction of sp³-hybridized carbons (Fsp3) is 0.941. The van der Waals surface area contributed by atoms with Crippen LogP contribution in [0.2, 0.25) is 0 Å². The standard InChI is InChI=1S/C20H45NP2.C13H29NP.CHO.ClH.Ru.H/c1-17(2,3)22(18(4,5)6)15-13-21-14-16-23(19(7,8)9)20(10,11)12;1-8-9-14-10-11-15(12(2,3)4)13(5,6)7;1-2;;;/h21H,13-16H2,1-12H3;14H,1,8-11H2,2-7H3;1H;1H;;/q;2*-1;;+1;. The van der Waals surface area contributed by atoms with Crippen LogP contribution in [0.5, 0.6) is 0 Å². The molecule has 3 nitrogen and oxygen atoms in total. The first-order chi connectivity index (χ1) is 18.7. The molecule has 0 aliphatic heterocycles. The van der Waals surface area contributed by atoms with Gasteiger partial charge in [-0.25, -0.2) is 0 Å². The van der Waals surface area contributed by atoms with E-state index in [4.69, 9.17) is 4.79 Å². The number of hydrogen-bond donors (Lipinski definition) is 2. The van der Waals surface area contributed by atoms with E-state index < -0.39 is 0 Å². The van der Waals surface area contributed by atoms with Gasteiger partial charge in [-0.05, 0) is 94.1 Å². The molecule has 0 unspecified atom stereocenters. The number of hydrogen-bond acceptors (Lipinski definition) is 3. The van der Waals surface area contributed by atoms with E-state index in [9.17, 15) is 0 Å². The van der Waals surface area contributed by atoms with Crippen LogP contribution in [-0.4, -0.2) is 82.4 Å². The Morgan fingerprint density at radius 1 is 0.571 bits per heavy atom. The van der Waals surface area contributed by atoms with Gasteiger partial charge in [-0.3, -0.25) is 6.79 Å². The molecule has 0 aliphatic rings. The predicted molar refractivity (Wildman–Crippen MR) is 205 cm³/mol. The molecule has 0 fully saturated rings. The molecule has 2 N–H and O–H groups in total. The second-order valence-corrected chi connectivity index (χ2v) is 29.5. The third-order valence-corrected chi connectivity index (χ3v) is 19.2. The molecule has 8 heteroatoms. The summed E-state index contributed by atoms with van der Waals surface area (Å²) in [6.07, 6.45) is 5.03. The van der Waals surface area contributed by atoms with E-state index in [1.165, 1.54) is 38.1 Å². The first-order valence-electron chi connectivity index (χ1n) is 15.7. The molecule has 0 aromatic carbocycles. The van der Waals surface area contributed by atoms with Crippen molar-refractivity contribution >= 4 is 40.2 Å². The molecule has 0 aromatic heterocycles. The van der Waals surface area contributed by atoms with Gasteiger partial charge in [0.15, 0.2) is 0 Å². The van der Waals surface area contributed by atoms with E-state index in [0.29, 0.717) is 30.9 Å². The number of carbonyl (C=O) groups excluding carboxylic acids is 1. The van der Waals surface area contributed by atoms with Gasteiger partial charge in [0.2, 0.25) is 0 Å². The minimum absolute atomic E-state index is 0.0229. The van der Waals surface area contributed by atoms with Crippen molar-refractivity contribution in [1.82, 2.24) is 10.6 Å². The molecule has 42 heavy (non-hydrogen) atoms. The Morgan fingerprint density at radius 2 is 0.833 bits per heavy atom. The van der Waals surface area contributed by atoms with E-state index in [1.54, 1.807) is 17.3 Å². The van der Waals surface area contributed by atoms with Crippen molar-refractivity contribution in [2.75, 3.05) is 44.7 Å². The van der Waals surface area contributed by atoms with Gasteiger partial charge in [0.25, 0.3) is 0 Å².